The van der Waals surface area contributed by atoms with Crippen molar-refractivity contribution in [3.63, 3.8) is 0 Å². The first kappa shape index (κ1) is 16.9. The molecular weight excluding hydrogens is 325 g/mol. The number of ether oxygens (including phenoxy) is 1. The van der Waals surface area contributed by atoms with E-state index in [4.69, 9.17) is 4.74 Å². The van der Waals surface area contributed by atoms with E-state index in [2.05, 4.69) is 4.98 Å². The largest absolute Gasteiger partial charge is 0.497 e. The molecule has 0 bridgehead atoms. The summed E-state index contributed by atoms with van der Waals surface area (Å²) in [6, 6.07) is 9.76. The Hall–Kier alpha value is -2.96. The van der Waals surface area contributed by atoms with Crippen molar-refractivity contribution < 1.29 is 18.7 Å². The van der Waals surface area contributed by atoms with E-state index in [0.29, 0.717) is 11.4 Å². The van der Waals surface area contributed by atoms with Crippen molar-refractivity contribution in [3.05, 3.63) is 48.4 Å². The average molecular weight is 343 g/mol. The number of halogens is 1. The van der Waals surface area contributed by atoms with Crippen LogP contribution in [-0.4, -0.2) is 37.5 Å². The second kappa shape index (κ2) is 6.88. The highest BCUT2D eigenvalue weighted by Crippen LogP contribution is 2.28. The van der Waals surface area contributed by atoms with E-state index in [9.17, 15) is 14.0 Å². The lowest BCUT2D eigenvalue weighted by atomic mass is 10.1. The molecule has 1 atom stereocenters. The Morgan fingerprint density at radius 2 is 2.04 bits per heavy atom. The number of methoxy groups -OCH3 is 1. The Bertz CT molecular complexity index is 794. The molecule has 1 aromatic carbocycles. The molecule has 6 nitrogen and oxygen atoms in total. The van der Waals surface area contributed by atoms with Crippen LogP contribution in [0.1, 0.15) is 6.42 Å². The molecule has 7 heteroatoms. The second-order valence-electron chi connectivity index (χ2n) is 5.81. The average Bonchev–Trinajstić information content (AvgIpc) is 3.02. The van der Waals surface area contributed by atoms with Gasteiger partial charge in [0, 0.05) is 31.9 Å². The third kappa shape index (κ3) is 3.31. The van der Waals surface area contributed by atoms with E-state index in [1.165, 1.54) is 30.3 Å². The van der Waals surface area contributed by atoms with Gasteiger partial charge in [-0.25, -0.2) is 9.37 Å². The summed E-state index contributed by atoms with van der Waals surface area (Å²) in [4.78, 5) is 31.6. The SMILES string of the molecule is COc1ccc(N2C[C@@H](C(=O)N(C)c3ncccc3F)CC2=O)cc1. The molecule has 2 heterocycles. The van der Waals surface area contributed by atoms with Crippen molar-refractivity contribution in [2.75, 3.05) is 30.5 Å². The van der Waals surface area contributed by atoms with Crippen molar-refractivity contribution in [2.24, 2.45) is 5.92 Å². The number of amides is 2. The van der Waals surface area contributed by atoms with Crippen LogP contribution in [-0.2, 0) is 9.59 Å². The fourth-order valence-corrected chi connectivity index (χ4v) is 2.89. The molecule has 0 saturated carbocycles. The molecule has 1 saturated heterocycles. The maximum Gasteiger partial charge on any atom is 0.233 e. The zero-order valence-corrected chi connectivity index (χ0v) is 14.0. The van der Waals surface area contributed by atoms with E-state index in [1.807, 2.05) is 0 Å². The molecule has 3 rings (SSSR count). The zero-order chi connectivity index (χ0) is 18.0. The number of rotatable bonds is 4. The lowest BCUT2D eigenvalue weighted by Gasteiger charge is -2.21. The van der Waals surface area contributed by atoms with Crippen LogP contribution in [0.2, 0.25) is 0 Å². The van der Waals surface area contributed by atoms with Gasteiger partial charge in [0.2, 0.25) is 11.8 Å². The Balaban J connectivity index is 1.75. The summed E-state index contributed by atoms with van der Waals surface area (Å²) in [7, 11) is 3.03. The molecule has 1 aliphatic heterocycles. The van der Waals surface area contributed by atoms with Crippen molar-refractivity contribution in [1.29, 1.82) is 0 Å². The standard InChI is InChI=1S/C18H18FN3O3/c1-21(17-15(19)4-3-9-20-17)18(24)12-10-16(23)22(11-12)13-5-7-14(25-2)8-6-13/h3-9,12H,10-11H2,1-2H3/t12-/m0/s1. The molecule has 2 aromatic rings. The first-order chi connectivity index (χ1) is 12.0. The number of carbonyl (C=O) groups is 2. The normalized spacial score (nSPS) is 16.8. The van der Waals surface area contributed by atoms with Gasteiger partial charge < -0.3 is 9.64 Å². The molecule has 130 valence electrons. The Morgan fingerprint density at radius 3 is 2.68 bits per heavy atom. The number of nitrogens with zero attached hydrogens (tertiary/aromatic N) is 3. The molecule has 1 aromatic heterocycles. The summed E-state index contributed by atoms with van der Waals surface area (Å²) in [5.41, 5.74) is 0.702. The summed E-state index contributed by atoms with van der Waals surface area (Å²) in [6.07, 6.45) is 1.51. The van der Waals surface area contributed by atoms with Crippen LogP contribution in [0.15, 0.2) is 42.6 Å². The maximum atomic E-state index is 13.8. The predicted octanol–water partition coefficient (Wildman–Crippen LogP) is 2.25. The van der Waals surface area contributed by atoms with Gasteiger partial charge in [-0.05, 0) is 36.4 Å². The van der Waals surface area contributed by atoms with Crippen LogP contribution in [0.5, 0.6) is 5.75 Å². The summed E-state index contributed by atoms with van der Waals surface area (Å²) < 4.78 is 18.9. The minimum Gasteiger partial charge on any atom is -0.497 e. The monoisotopic (exact) mass is 343 g/mol. The topological polar surface area (TPSA) is 62.7 Å². The fourth-order valence-electron chi connectivity index (χ4n) is 2.89. The molecule has 0 aliphatic carbocycles. The minimum atomic E-state index is -0.574. The van der Waals surface area contributed by atoms with Gasteiger partial charge in [-0.1, -0.05) is 0 Å². The number of anilines is 2. The molecule has 1 aliphatic rings. The van der Waals surface area contributed by atoms with Crippen LogP contribution in [0.3, 0.4) is 0 Å². The van der Waals surface area contributed by atoms with E-state index in [1.54, 1.807) is 36.3 Å². The molecule has 2 amide bonds. The Kier molecular flexibility index (Phi) is 4.65. The lowest BCUT2D eigenvalue weighted by molar-refractivity contribution is -0.124. The quantitative estimate of drug-likeness (QED) is 0.854. The van der Waals surface area contributed by atoms with Crippen LogP contribution >= 0.6 is 0 Å². The van der Waals surface area contributed by atoms with E-state index < -0.39 is 11.7 Å². The number of carbonyl (C=O) groups excluding carboxylic acids is 2. The number of hydrogen-bond acceptors (Lipinski definition) is 4. The third-order valence-corrected chi connectivity index (χ3v) is 4.25. The molecular formula is C18H18FN3O3. The number of benzene rings is 1. The Morgan fingerprint density at radius 1 is 1.32 bits per heavy atom. The number of aromatic nitrogens is 1. The molecule has 1 fully saturated rings. The van der Waals surface area contributed by atoms with Crippen molar-refractivity contribution in [3.8, 4) is 5.75 Å². The Labute approximate surface area is 144 Å². The maximum absolute atomic E-state index is 13.8. The van der Waals surface area contributed by atoms with E-state index in [0.717, 1.165) is 0 Å². The molecule has 0 unspecified atom stereocenters. The predicted molar refractivity (Wildman–Crippen MR) is 91.1 cm³/mol. The lowest BCUT2D eigenvalue weighted by Crippen LogP contribution is -2.35. The van der Waals surface area contributed by atoms with Crippen molar-refractivity contribution in [1.82, 2.24) is 4.98 Å². The number of hydrogen-bond donors (Lipinski definition) is 0. The minimum absolute atomic E-state index is 0.0390. The first-order valence-corrected chi connectivity index (χ1v) is 7.83. The van der Waals surface area contributed by atoms with Gasteiger partial charge in [-0.2, -0.15) is 0 Å². The molecule has 25 heavy (non-hydrogen) atoms. The highest BCUT2D eigenvalue weighted by atomic mass is 19.1. The van der Waals surface area contributed by atoms with E-state index >= 15 is 0 Å². The smallest absolute Gasteiger partial charge is 0.233 e. The molecule has 0 N–H and O–H groups in total. The summed E-state index contributed by atoms with van der Waals surface area (Å²) in [6.45, 7) is 0.253. The van der Waals surface area contributed by atoms with E-state index in [-0.39, 0.29) is 30.6 Å². The molecule has 0 spiro atoms. The first-order valence-electron chi connectivity index (χ1n) is 7.83. The summed E-state index contributed by atoms with van der Waals surface area (Å²) >= 11 is 0. The van der Waals surface area contributed by atoms with Gasteiger partial charge in [0.25, 0.3) is 0 Å². The van der Waals surface area contributed by atoms with Gasteiger partial charge in [0.05, 0.1) is 13.0 Å². The summed E-state index contributed by atoms with van der Waals surface area (Å²) in [5, 5.41) is 0. The molecule has 0 radical (unpaired) electrons. The van der Waals surface area contributed by atoms with Gasteiger partial charge >= 0.3 is 0 Å². The van der Waals surface area contributed by atoms with Crippen LogP contribution in [0, 0.1) is 11.7 Å². The summed E-state index contributed by atoms with van der Waals surface area (Å²) in [5.74, 6) is -0.938. The fraction of sp³-hybridized carbons (Fsp3) is 0.278. The van der Waals surface area contributed by atoms with Crippen molar-refractivity contribution >= 4 is 23.3 Å². The van der Waals surface area contributed by atoms with Gasteiger partial charge in [0.15, 0.2) is 11.6 Å². The zero-order valence-electron chi connectivity index (χ0n) is 14.0. The van der Waals surface area contributed by atoms with Crippen LogP contribution < -0.4 is 14.5 Å². The highest BCUT2D eigenvalue weighted by molar-refractivity contribution is 6.04. The second-order valence-corrected chi connectivity index (χ2v) is 5.81. The highest BCUT2D eigenvalue weighted by Gasteiger charge is 2.37. The van der Waals surface area contributed by atoms with Gasteiger partial charge in [-0.3, -0.25) is 14.5 Å². The number of pyridine rings is 1. The van der Waals surface area contributed by atoms with Crippen LogP contribution in [0.4, 0.5) is 15.9 Å². The third-order valence-electron chi connectivity index (χ3n) is 4.25. The van der Waals surface area contributed by atoms with Crippen molar-refractivity contribution in [2.45, 2.75) is 6.42 Å². The van der Waals surface area contributed by atoms with Gasteiger partial charge in [0.1, 0.15) is 5.75 Å². The van der Waals surface area contributed by atoms with Crippen LogP contribution in [0.25, 0.3) is 0 Å². The van der Waals surface area contributed by atoms with Gasteiger partial charge in [-0.15, -0.1) is 0 Å².